The summed E-state index contributed by atoms with van der Waals surface area (Å²) in [6, 6.07) is 5.26. The topological polar surface area (TPSA) is 75.2 Å². The van der Waals surface area contributed by atoms with Gasteiger partial charge >= 0.3 is 0 Å². The molecule has 6 nitrogen and oxygen atoms in total. The first-order chi connectivity index (χ1) is 10.9. The maximum Gasteiger partial charge on any atom is 0.240 e. The monoisotopic (exact) mass is 352 g/mol. The Hall–Kier alpha value is -1.51. The highest BCUT2D eigenvalue weighted by Crippen LogP contribution is 2.36. The van der Waals surface area contributed by atoms with Crippen LogP contribution < -0.4 is 9.62 Å². The van der Waals surface area contributed by atoms with Gasteiger partial charge in [-0.15, -0.1) is 0 Å². The minimum absolute atomic E-state index is 0.276. The van der Waals surface area contributed by atoms with Crippen molar-refractivity contribution in [1.82, 2.24) is 14.1 Å². The van der Waals surface area contributed by atoms with E-state index >= 15 is 0 Å². The van der Waals surface area contributed by atoms with E-state index in [1.165, 1.54) is 18.6 Å². The van der Waals surface area contributed by atoms with E-state index in [2.05, 4.69) is 32.8 Å². The molecule has 1 aliphatic rings. The molecule has 124 valence electrons. The molecule has 0 aliphatic carbocycles. The maximum absolute atomic E-state index is 12.0. The Bertz CT molecular complexity index is 815. The minimum atomic E-state index is -3.45. The molecule has 0 unspecified atom stereocenters. The van der Waals surface area contributed by atoms with Crippen LogP contribution in [0.4, 0.5) is 10.8 Å². The minimum Gasteiger partial charge on any atom is -0.316 e. The van der Waals surface area contributed by atoms with E-state index in [9.17, 15) is 8.42 Å². The lowest BCUT2D eigenvalue weighted by Crippen LogP contribution is -2.19. The Morgan fingerprint density at radius 3 is 2.87 bits per heavy atom. The summed E-state index contributed by atoms with van der Waals surface area (Å²) in [6.07, 6.45) is 1.74. The van der Waals surface area contributed by atoms with Crippen LogP contribution in [0, 0.1) is 5.92 Å². The largest absolute Gasteiger partial charge is 0.316 e. The molecule has 0 saturated heterocycles. The van der Waals surface area contributed by atoms with E-state index in [0.29, 0.717) is 5.92 Å². The average Bonchev–Trinajstić information content (AvgIpc) is 3.12. The number of sulfonamides is 1. The Balaban J connectivity index is 1.94. The molecule has 0 atom stereocenters. The molecule has 0 amide bonds. The number of hydrogen-bond acceptors (Lipinski definition) is 6. The van der Waals surface area contributed by atoms with E-state index in [1.54, 1.807) is 12.1 Å². The summed E-state index contributed by atoms with van der Waals surface area (Å²) < 4.78 is 30.8. The molecule has 0 radical (unpaired) electrons. The van der Waals surface area contributed by atoms with Crippen LogP contribution in [-0.4, -0.2) is 31.4 Å². The molecule has 1 N–H and O–H groups in total. The molecule has 2 heterocycles. The van der Waals surface area contributed by atoms with E-state index < -0.39 is 10.0 Å². The van der Waals surface area contributed by atoms with Crippen LogP contribution in [0.25, 0.3) is 0 Å². The molecule has 8 heteroatoms. The van der Waals surface area contributed by atoms with Crippen LogP contribution >= 0.6 is 11.5 Å². The summed E-state index contributed by atoms with van der Waals surface area (Å²) in [5.74, 6) is 1.36. The molecule has 1 aliphatic heterocycles. The number of anilines is 2. The number of hydrogen-bond donors (Lipinski definition) is 1. The van der Waals surface area contributed by atoms with Gasteiger partial charge in [0.2, 0.25) is 15.2 Å². The molecule has 0 saturated carbocycles. The summed E-state index contributed by atoms with van der Waals surface area (Å²) in [5.41, 5.74) is 2.05. The van der Waals surface area contributed by atoms with Crippen LogP contribution in [0.15, 0.2) is 23.1 Å². The van der Waals surface area contributed by atoms with E-state index in [1.807, 2.05) is 6.07 Å². The van der Waals surface area contributed by atoms with Gasteiger partial charge in [-0.05, 0) is 37.1 Å². The smallest absolute Gasteiger partial charge is 0.240 e. The molecule has 0 spiro atoms. The molecule has 1 aromatic heterocycles. The summed E-state index contributed by atoms with van der Waals surface area (Å²) in [7, 11) is -2.03. The Kier molecular flexibility index (Phi) is 4.39. The van der Waals surface area contributed by atoms with Gasteiger partial charge < -0.3 is 4.90 Å². The highest BCUT2D eigenvalue weighted by Gasteiger charge is 2.25. The molecule has 0 fully saturated rings. The normalized spacial score (nSPS) is 14.5. The lowest BCUT2D eigenvalue weighted by molar-refractivity contribution is 0.588. The predicted molar refractivity (Wildman–Crippen MR) is 91.8 cm³/mol. The third-order valence-corrected chi connectivity index (χ3v) is 6.00. The first-order valence-corrected chi connectivity index (χ1v) is 9.83. The van der Waals surface area contributed by atoms with Crippen molar-refractivity contribution in [3.8, 4) is 0 Å². The van der Waals surface area contributed by atoms with Crippen LogP contribution in [-0.2, 0) is 22.9 Å². The molecule has 23 heavy (non-hydrogen) atoms. The zero-order valence-electron chi connectivity index (χ0n) is 13.4. The van der Waals surface area contributed by atoms with Gasteiger partial charge in [0.05, 0.1) is 4.90 Å². The summed E-state index contributed by atoms with van der Waals surface area (Å²) in [4.78, 5) is 6.95. The van der Waals surface area contributed by atoms with Crippen molar-refractivity contribution in [3.05, 3.63) is 29.6 Å². The molecule has 0 bridgehead atoms. The van der Waals surface area contributed by atoms with E-state index in [4.69, 9.17) is 0 Å². The number of rotatable bonds is 5. The first kappa shape index (κ1) is 16.4. The highest BCUT2D eigenvalue weighted by atomic mass is 32.2. The van der Waals surface area contributed by atoms with Crippen LogP contribution in [0.3, 0.4) is 0 Å². The number of aromatic nitrogens is 2. The third-order valence-electron chi connectivity index (χ3n) is 3.81. The van der Waals surface area contributed by atoms with Gasteiger partial charge in [-0.1, -0.05) is 19.9 Å². The van der Waals surface area contributed by atoms with E-state index in [0.717, 1.165) is 41.6 Å². The van der Waals surface area contributed by atoms with Gasteiger partial charge in [0.1, 0.15) is 5.82 Å². The lowest BCUT2D eigenvalue weighted by Gasteiger charge is -2.16. The van der Waals surface area contributed by atoms with Crippen molar-refractivity contribution >= 4 is 32.4 Å². The van der Waals surface area contributed by atoms with Gasteiger partial charge in [0.15, 0.2) is 0 Å². The third kappa shape index (κ3) is 3.24. The SMILES string of the molecule is CNS(=O)(=O)c1ccc2c(c1)N(c1nc(CC(C)C)ns1)CC2. The second-order valence-electron chi connectivity index (χ2n) is 5.99. The van der Waals surface area contributed by atoms with Crippen LogP contribution in [0.1, 0.15) is 25.2 Å². The number of benzene rings is 1. The fourth-order valence-corrected chi connectivity index (χ4v) is 4.13. The predicted octanol–water partition coefficient (Wildman–Crippen LogP) is 2.34. The summed E-state index contributed by atoms with van der Waals surface area (Å²) in [6.45, 7) is 5.08. The van der Waals surface area contributed by atoms with Crippen molar-refractivity contribution in [2.24, 2.45) is 5.92 Å². The lowest BCUT2D eigenvalue weighted by atomic mass is 10.1. The second kappa shape index (κ2) is 6.18. The first-order valence-electron chi connectivity index (χ1n) is 7.57. The Labute approximate surface area is 140 Å². The second-order valence-corrected chi connectivity index (χ2v) is 8.61. The zero-order chi connectivity index (χ0) is 16.6. The van der Waals surface area contributed by atoms with Gasteiger partial charge in [0.25, 0.3) is 0 Å². The standard InChI is InChI=1S/C15H20N4O2S2/c1-10(2)8-14-17-15(22-18-14)19-7-6-11-4-5-12(9-13(11)19)23(20,21)16-3/h4-5,9-10,16H,6-8H2,1-3H3. The number of nitrogens with one attached hydrogen (secondary N) is 1. The van der Waals surface area contributed by atoms with Crippen molar-refractivity contribution < 1.29 is 8.42 Å². The molecular formula is C15H20N4O2S2. The van der Waals surface area contributed by atoms with Gasteiger partial charge in [0, 0.05) is 30.2 Å². The van der Waals surface area contributed by atoms with Crippen molar-refractivity contribution in [1.29, 1.82) is 0 Å². The van der Waals surface area contributed by atoms with Gasteiger partial charge in [-0.2, -0.15) is 4.37 Å². The summed E-state index contributed by atoms with van der Waals surface area (Å²) in [5, 5.41) is 0.832. The molecular weight excluding hydrogens is 332 g/mol. The van der Waals surface area contributed by atoms with Crippen molar-refractivity contribution in [3.63, 3.8) is 0 Å². The quantitative estimate of drug-likeness (QED) is 0.894. The fraction of sp³-hybridized carbons (Fsp3) is 0.467. The van der Waals surface area contributed by atoms with Crippen molar-refractivity contribution in [2.45, 2.75) is 31.6 Å². The highest BCUT2D eigenvalue weighted by molar-refractivity contribution is 7.89. The van der Waals surface area contributed by atoms with Gasteiger partial charge in [-0.25, -0.2) is 18.1 Å². The molecule has 1 aromatic carbocycles. The molecule has 2 aromatic rings. The van der Waals surface area contributed by atoms with Gasteiger partial charge in [-0.3, -0.25) is 0 Å². The summed E-state index contributed by atoms with van der Waals surface area (Å²) >= 11 is 1.37. The Morgan fingerprint density at radius 2 is 2.17 bits per heavy atom. The average molecular weight is 352 g/mol. The Morgan fingerprint density at radius 1 is 1.39 bits per heavy atom. The zero-order valence-corrected chi connectivity index (χ0v) is 15.0. The number of nitrogens with zero attached hydrogens (tertiary/aromatic N) is 3. The van der Waals surface area contributed by atoms with Crippen LogP contribution in [0.5, 0.6) is 0 Å². The fourth-order valence-electron chi connectivity index (χ4n) is 2.65. The van der Waals surface area contributed by atoms with Crippen LogP contribution in [0.2, 0.25) is 0 Å². The van der Waals surface area contributed by atoms with E-state index in [-0.39, 0.29) is 4.90 Å². The molecule has 3 rings (SSSR count). The van der Waals surface area contributed by atoms with Crippen molar-refractivity contribution in [2.75, 3.05) is 18.5 Å². The number of fused-ring (bicyclic) bond motifs is 1. The maximum atomic E-state index is 12.0.